The monoisotopic (exact) mass is 414 g/mol. The van der Waals surface area contributed by atoms with E-state index in [1.165, 1.54) is 5.56 Å². The molecule has 0 aliphatic carbocycles. The number of rotatable bonds is 5. The van der Waals surface area contributed by atoms with Crippen molar-refractivity contribution in [1.29, 1.82) is 0 Å². The fraction of sp³-hybridized carbons (Fsp3) is 0.0833. The largest absolute Gasteiger partial charge is 0.298 e. The van der Waals surface area contributed by atoms with Crippen molar-refractivity contribution in [1.82, 2.24) is 9.38 Å². The Morgan fingerprint density at radius 1 is 1.00 bits per heavy atom. The molecule has 3 heterocycles. The van der Waals surface area contributed by atoms with Crippen LogP contribution in [-0.4, -0.2) is 15.2 Å². The van der Waals surface area contributed by atoms with Crippen LogP contribution in [0.25, 0.3) is 16.7 Å². The van der Waals surface area contributed by atoms with Crippen molar-refractivity contribution in [2.24, 2.45) is 0 Å². The zero-order chi connectivity index (χ0) is 19.8. The molecule has 0 atom stereocenters. The number of carbonyl (C=O) groups is 1. The summed E-state index contributed by atoms with van der Waals surface area (Å²) in [6.07, 6.45) is 2.04. The predicted molar refractivity (Wildman–Crippen MR) is 121 cm³/mol. The van der Waals surface area contributed by atoms with Crippen LogP contribution in [-0.2, 0) is 5.75 Å². The lowest BCUT2D eigenvalue weighted by atomic mass is 10.1. The van der Waals surface area contributed by atoms with Crippen LogP contribution in [0.2, 0.25) is 0 Å². The molecule has 5 rings (SSSR count). The first kappa shape index (κ1) is 18.2. The molecule has 0 saturated carbocycles. The van der Waals surface area contributed by atoms with E-state index in [9.17, 15) is 4.79 Å². The number of ketones is 1. The summed E-state index contributed by atoms with van der Waals surface area (Å²) in [4.78, 5) is 18.9. The number of aryl methyl sites for hydroxylation is 1. The lowest BCUT2D eigenvalue weighted by Crippen LogP contribution is -1.98. The fourth-order valence-corrected chi connectivity index (χ4v) is 5.85. The van der Waals surface area contributed by atoms with Gasteiger partial charge in [-0.25, -0.2) is 4.98 Å². The Morgan fingerprint density at radius 3 is 2.48 bits per heavy atom. The molecule has 0 fully saturated rings. The van der Waals surface area contributed by atoms with Gasteiger partial charge in [0, 0.05) is 17.5 Å². The number of thioether (sulfide) groups is 1. The Morgan fingerprint density at radius 2 is 1.72 bits per heavy atom. The van der Waals surface area contributed by atoms with Crippen molar-refractivity contribution >= 4 is 45.6 Å². The third-order valence-electron chi connectivity index (χ3n) is 4.90. The number of fused-ring (bicyclic) bond motifs is 3. The van der Waals surface area contributed by atoms with Crippen molar-refractivity contribution in [3.05, 3.63) is 101 Å². The lowest BCUT2D eigenvalue weighted by molar-refractivity contribution is 0.104. The highest BCUT2D eigenvalue weighted by atomic mass is 32.2. The zero-order valence-electron chi connectivity index (χ0n) is 15.8. The topological polar surface area (TPSA) is 34.4 Å². The molecule has 142 valence electrons. The molecule has 0 N–H and O–H groups in total. The van der Waals surface area contributed by atoms with Gasteiger partial charge in [-0.15, -0.1) is 23.1 Å². The Balaban J connectivity index is 1.66. The van der Waals surface area contributed by atoms with E-state index in [0.717, 1.165) is 32.2 Å². The standard InChI is InChI=1S/C24H18N2OS2/c1-16-9-8-14-26-20-19(25-23(16)26)22(21(27)18-12-6-3-7-13-18)29-24(20)28-15-17-10-4-2-5-11-17/h2-14H,15H2,1H3. The van der Waals surface area contributed by atoms with E-state index in [1.807, 2.05) is 48.7 Å². The predicted octanol–water partition coefficient (Wildman–Crippen LogP) is 6.38. The zero-order valence-corrected chi connectivity index (χ0v) is 17.5. The molecule has 0 aliphatic rings. The third-order valence-corrected chi connectivity index (χ3v) is 7.40. The first-order chi connectivity index (χ1) is 14.2. The van der Waals surface area contributed by atoms with Crippen molar-refractivity contribution in [2.75, 3.05) is 0 Å². The molecule has 0 unspecified atom stereocenters. The van der Waals surface area contributed by atoms with Crippen LogP contribution in [0.5, 0.6) is 0 Å². The van der Waals surface area contributed by atoms with Crippen molar-refractivity contribution in [3.8, 4) is 0 Å². The summed E-state index contributed by atoms with van der Waals surface area (Å²) in [5.41, 5.74) is 5.81. The second-order valence-corrected chi connectivity index (χ2v) is 9.15. The van der Waals surface area contributed by atoms with Gasteiger partial charge in [-0.2, -0.15) is 0 Å². The normalized spacial score (nSPS) is 11.3. The molecule has 0 bridgehead atoms. The van der Waals surface area contributed by atoms with Gasteiger partial charge < -0.3 is 0 Å². The van der Waals surface area contributed by atoms with Crippen LogP contribution < -0.4 is 0 Å². The molecule has 2 aromatic carbocycles. The smallest absolute Gasteiger partial charge is 0.205 e. The SMILES string of the molecule is Cc1cccn2c1nc1c(C(=O)c3ccccc3)sc(SCc3ccccc3)c12. The highest BCUT2D eigenvalue weighted by Gasteiger charge is 2.23. The van der Waals surface area contributed by atoms with Gasteiger partial charge in [0.15, 0.2) is 0 Å². The van der Waals surface area contributed by atoms with Crippen LogP contribution in [0.4, 0.5) is 0 Å². The van der Waals surface area contributed by atoms with Crippen LogP contribution in [0.3, 0.4) is 0 Å². The van der Waals surface area contributed by atoms with Gasteiger partial charge in [0.25, 0.3) is 0 Å². The third kappa shape index (κ3) is 3.26. The lowest BCUT2D eigenvalue weighted by Gasteiger charge is -2.02. The maximum atomic E-state index is 13.3. The van der Waals surface area contributed by atoms with Gasteiger partial charge in [-0.05, 0) is 24.1 Å². The van der Waals surface area contributed by atoms with Crippen molar-refractivity contribution in [3.63, 3.8) is 0 Å². The molecule has 5 heteroatoms. The van der Waals surface area contributed by atoms with E-state index in [-0.39, 0.29) is 5.78 Å². The molecule has 29 heavy (non-hydrogen) atoms. The van der Waals surface area contributed by atoms with Gasteiger partial charge in [0.2, 0.25) is 5.78 Å². The van der Waals surface area contributed by atoms with Crippen LogP contribution >= 0.6 is 23.1 Å². The van der Waals surface area contributed by atoms with Gasteiger partial charge in [-0.1, -0.05) is 66.7 Å². The number of pyridine rings is 1. The summed E-state index contributed by atoms with van der Waals surface area (Å²) in [6, 6.07) is 24.0. The molecular formula is C24H18N2OS2. The Labute approximate surface area is 177 Å². The summed E-state index contributed by atoms with van der Waals surface area (Å²) in [6.45, 7) is 2.06. The Kier molecular flexibility index (Phi) is 4.70. The highest BCUT2D eigenvalue weighted by Crippen LogP contribution is 2.41. The van der Waals surface area contributed by atoms with E-state index in [1.54, 1.807) is 23.1 Å². The van der Waals surface area contributed by atoms with Crippen LogP contribution in [0.1, 0.15) is 26.4 Å². The minimum absolute atomic E-state index is 0.0354. The van der Waals surface area contributed by atoms with Crippen molar-refractivity contribution < 1.29 is 4.79 Å². The van der Waals surface area contributed by atoms with E-state index in [2.05, 4.69) is 41.7 Å². The minimum Gasteiger partial charge on any atom is -0.298 e. The summed E-state index contributed by atoms with van der Waals surface area (Å²) >= 11 is 3.32. The molecule has 3 nitrogen and oxygen atoms in total. The molecule has 3 aromatic heterocycles. The van der Waals surface area contributed by atoms with Gasteiger partial charge in [0.1, 0.15) is 16.0 Å². The average Bonchev–Trinajstić information content (AvgIpc) is 3.32. The first-order valence-corrected chi connectivity index (χ1v) is 11.2. The first-order valence-electron chi connectivity index (χ1n) is 9.39. The summed E-state index contributed by atoms with van der Waals surface area (Å²) < 4.78 is 3.25. The van der Waals surface area contributed by atoms with E-state index < -0.39 is 0 Å². The fourth-order valence-electron chi connectivity index (χ4n) is 3.44. The molecule has 0 aliphatic heterocycles. The second-order valence-electron chi connectivity index (χ2n) is 6.88. The second kappa shape index (κ2) is 7.50. The van der Waals surface area contributed by atoms with E-state index in [0.29, 0.717) is 10.4 Å². The van der Waals surface area contributed by atoms with Crippen LogP contribution in [0, 0.1) is 6.92 Å². The Hall–Kier alpha value is -2.89. The number of nitrogens with zero attached hydrogens (tertiary/aromatic N) is 2. The average molecular weight is 415 g/mol. The molecule has 0 amide bonds. The number of carbonyl (C=O) groups excluding carboxylic acids is 1. The number of benzene rings is 2. The molecule has 0 radical (unpaired) electrons. The number of thiophene rings is 1. The number of aromatic nitrogens is 2. The summed E-state index contributed by atoms with van der Waals surface area (Å²) in [5, 5.41) is 0. The van der Waals surface area contributed by atoms with Gasteiger partial charge >= 0.3 is 0 Å². The number of hydrogen-bond donors (Lipinski definition) is 0. The maximum absolute atomic E-state index is 13.3. The molecular weight excluding hydrogens is 396 g/mol. The maximum Gasteiger partial charge on any atom is 0.205 e. The van der Waals surface area contributed by atoms with Gasteiger partial charge in [-0.3, -0.25) is 9.20 Å². The summed E-state index contributed by atoms with van der Waals surface area (Å²) in [7, 11) is 0. The highest BCUT2D eigenvalue weighted by molar-refractivity contribution is 8.00. The van der Waals surface area contributed by atoms with Crippen molar-refractivity contribution in [2.45, 2.75) is 16.9 Å². The molecule has 0 spiro atoms. The molecule has 0 saturated heterocycles. The molecule has 5 aromatic rings. The Bertz CT molecular complexity index is 1320. The van der Waals surface area contributed by atoms with Gasteiger partial charge in [0.05, 0.1) is 9.73 Å². The number of imidazole rings is 1. The van der Waals surface area contributed by atoms with E-state index >= 15 is 0 Å². The van der Waals surface area contributed by atoms with Crippen LogP contribution in [0.15, 0.2) is 83.2 Å². The minimum atomic E-state index is 0.0354. The van der Waals surface area contributed by atoms with E-state index in [4.69, 9.17) is 4.98 Å². The number of hydrogen-bond acceptors (Lipinski definition) is 4. The quantitative estimate of drug-likeness (QED) is 0.247. The summed E-state index contributed by atoms with van der Waals surface area (Å²) in [5.74, 6) is 0.891.